The van der Waals surface area contributed by atoms with Crippen molar-refractivity contribution in [1.29, 1.82) is 0 Å². The van der Waals surface area contributed by atoms with Gasteiger partial charge in [0, 0.05) is 0 Å². The summed E-state index contributed by atoms with van der Waals surface area (Å²) in [7, 11) is 0. The molecule has 0 atom stereocenters. The number of aromatic amines is 2. The van der Waals surface area contributed by atoms with Gasteiger partial charge >= 0.3 is 11.9 Å². The molecule has 2 aromatic heterocycles. The topological polar surface area (TPSA) is 126 Å². The van der Waals surface area contributed by atoms with Gasteiger partial charge in [-0.05, 0) is 33.3 Å². The average molecular weight is 366 g/mol. The largest absolute Gasteiger partial charge is 0.462 e. The quantitative estimate of drug-likeness (QED) is 0.600. The van der Waals surface area contributed by atoms with Gasteiger partial charge in [-0.25, -0.2) is 9.59 Å². The molecule has 0 bridgehead atoms. The van der Waals surface area contributed by atoms with Gasteiger partial charge in [0.25, 0.3) is 5.56 Å². The Morgan fingerprint density at radius 1 is 1.04 bits per heavy atom. The second-order valence-electron chi connectivity index (χ2n) is 4.93. The molecule has 0 aromatic carbocycles. The second-order valence-corrected chi connectivity index (χ2v) is 5.93. The summed E-state index contributed by atoms with van der Waals surface area (Å²) in [6.45, 7) is 7.02. The molecular formula is C15H18N4O5S. The van der Waals surface area contributed by atoms with Crippen LogP contribution in [0, 0.1) is 13.8 Å². The second kappa shape index (κ2) is 7.88. The Labute approximate surface area is 147 Å². The van der Waals surface area contributed by atoms with E-state index in [4.69, 9.17) is 9.47 Å². The van der Waals surface area contributed by atoms with Gasteiger partial charge < -0.3 is 14.6 Å². The highest BCUT2D eigenvalue weighted by Crippen LogP contribution is 2.37. The number of thiophene rings is 1. The van der Waals surface area contributed by atoms with Crippen LogP contribution in [0.5, 0.6) is 0 Å². The van der Waals surface area contributed by atoms with Gasteiger partial charge in [-0.1, -0.05) is 0 Å². The van der Waals surface area contributed by atoms with Crippen molar-refractivity contribution >= 4 is 34.0 Å². The van der Waals surface area contributed by atoms with Gasteiger partial charge in [-0.2, -0.15) is 0 Å². The lowest BCUT2D eigenvalue weighted by Crippen LogP contribution is -2.08. The van der Waals surface area contributed by atoms with Crippen LogP contribution in [0.4, 0.5) is 10.7 Å². The molecule has 2 heterocycles. The number of ether oxygens (including phenoxy) is 2. The number of hydrogen-bond acceptors (Lipinski definition) is 8. The minimum atomic E-state index is -0.611. The van der Waals surface area contributed by atoms with E-state index in [1.54, 1.807) is 27.7 Å². The SMILES string of the molecule is CCOC(=O)c1sc(N=Nc2c(C)[nH][nH]c2=O)c(C(=O)OCC)c1C. The zero-order valence-corrected chi connectivity index (χ0v) is 15.1. The lowest BCUT2D eigenvalue weighted by atomic mass is 10.1. The number of esters is 2. The third kappa shape index (κ3) is 3.85. The molecule has 0 aliphatic rings. The van der Waals surface area contributed by atoms with Crippen molar-refractivity contribution in [2.24, 2.45) is 10.2 Å². The Bertz CT molecular complexity index is 877. The van der Waals surface area contributed by atoms with Crippen LogP contribution in [0.25, 0.3) is 0 Å². The van der Waals surface area contributed by atoms with Crippen molar-refractivity contribution in [3.8, 4) is 0 Å². The molecule has 0 amide bonds. The summed E-state index contributed by atoms with van der Waals surface area (Å²) in [6, 6.07) is 0. The highest BCUT2D eigenvalue weighted by molar-refractivity contribution is 7.18. The van der Waals surface area contributed by atoms with E-state index in [1.807, 2.05) is 0 Å². The molecule has 0 saturated carbocycles. The van der Waals surface area contributed by atoms with E-state index >= 15 is 0 Å². The molecule has 0 saturated heterocycles. The molecule has 0 radical (unpaired) electrons. The Morgan fingerprint density at radius 2 is 1.68 bits per heavy atom. The van der Waals surface area contributed by atoms with E-state index in [0.717, 1.165) is 11.3 Å². The molecule has 9 nitrogen and oxygen atoms in total. The van der Waals surface area contributed by atoms with Crippen molar-refractivity contribution in [3.05, 3.63) is 32.1 Å². The number of hydrogen-bond donors (Lipinski definition) is 2. The van der Waals surface area contributed by atoms with Gasteiger partial charge in [0.2, 0.25) is 0 Å². The monoisotopic (exact) mass is 366 g/mol. The minimum Gasteiger partial charge on any atom is -0.462 e. The number of carbonyl (C=O) groups is 2. The van der Waals surface area contributed by atoms with Gasteiger partial charge in [0.15, 0.2) is 10.7 Å². The van der Waals surface area contributed by atoms with Gasteiger partial charge in [0.05, 0.1) is 18.9 Å². The normalized spacial score (nSPS) is 11.0. The zero-order chi connectivity index (χ0) is 18.6. The fraction of sp³-hybridized carbons (Fsp3) is 0.400. The zero-order valence-electron chi connectivity index (χ0n) is 14.3. The van der Waals surface area contributed by atoms with Crippen LogP contribution in [-0.2, 0) is 9.47 Å². The molecule has 0 spiro atoms. The van der Waals surface area contributed by atoms with Crippen molar-refractivity contribution in [3.63, 3.8) is 0 Å². The van der Waals surface area contributed by atoms with Crippen molar-refractivity contribution in [2.75, 3.05) is 13.2 Å². The number of nitrogens with zero attached hydrogens (tertiary/aromatic N) is 2. The maximum absolute atomic E-state index is 12.2. The highest BCUT2D eigenvalue weighted by Gasteiger charge is 2.26. The summed E-state index contributed by atoms with van der Waals surface area (Å²) in [6.07, 6.45) is 0. The molecule has 0 unspecified atom stereocenters. The third-order valence-electron chi connectivity index (χ3n) is 3.24. The predicted molar refractivity (Wildman–Crippen MR) is 91.3 cm³/mol. The van der Waals surface area contributed by atoms with Gasteiger partial charge in [-0.15, -0.1) is 21.6 Å². The summed E-state index contributed by atoms with van der Waals surface area (Å²) < 4.78 is 10.0. The maximum atomic E-state index is 12.2. The standard InChI is InChI=1S/C15H18N4O5S/c1-5-23-14(21)9-7(3)11(15(22)24-6-2)25-13(9)19-17-10-8(4)16-18-12(10)20/h5-6H2,1-4H3,(H2,16,18,20). The van der Waals surface area contributed by atoms with E-state index in [2.05, 4.69) is 20.4 Å². The number of H-pyrrole nitrogens is 2. The summed E-state index contributed by atoms with van der Waals surface area (Å²) in [5, 5.41) is 13.1. The molecule has 2 aromatic rings. The van der Waals surface area contributed by atoms with Crippen molar-refractivity contribution in [1.82, 2.24) is 10.2 Å². The van der Waals surface area contributed by atoms with Crippen molar-refractivity contribution in [2.45, 2.75) is 27.7 Å². The van der Waals surface area contributed by atoms with Crippen LogP contribution in [0.2, 0.25) is 0 Å². The lowest BCUT2D eigenvalue weighted by Gasteiger charge is -2.02. The van der Waals surface area contributed by atoms with Gasteiger partial charge in [0.1, 0.15) is 10.4 Å². The fourth-order valence-electron chi connectivity index (χ4n) is 2.06. The van der Waals surface area contributed by atoms with Crippen LogP contribution in [0.3, 0.4) is 0 Å². The first kappa shape index (κ1) is 18.6. The van der Waals surface area contributed by atoms with Crippen LogP contribution in [0.15, 0.2) is 15.0 Å². The summed E-state index contributed by atoms with van der Waals surface area (Å²) in [5.41, 5.74) is 0.723. The van der Waals surface area contributed by atoms with E-state index in [1.165, 1.54) is 0 Å². The molecule has 0 fully saturated rings. The molecule has 25 heavy (non-hydrogen) atoms. The fourth-order valence-corrected chi connectivity index (χ4v) is 3.07. The number of rotatable bonds is 6. The number of aryl methyl sites for hydroxylation is 1. The summed E-state index contributed by atoms with van der Waals surface area (Å²) in [4.78, 5) is 36.2. The number of aromatic nitrogens is 2. The van der Waals surface area contributed by atoms with E-state index < -0.39 is 17.5 Å². The molecule has 10 heteroatoms. The lowest BCUT2D eigenvalue weighted by molar-refractivity contribution is 0.0527. The Kier molecular flexibility index (Phi) is 5.86. The third-order valence-corrected chi connectivity index (χ3v) is 4.40. The molecule has 0 aliphatic carbocycles. The van der Waals surface area contributed by atoms with Crippen LogP contribution in [-0.4, -0.2) is 35.3 Å². The average Bonchev–Trinajstić information content (AvgIpc) is 3.06. The molecular weight excluding hydrogens is 348 g/mol. The molecule has 2 N–H and O–H groups in total. The molecule has 134 valence electrons. The predicted octanol–water partition coefficient (Wildman–Crippen LogP) is 3.15. The van der Waals surface area contributed by atoms with Crippen LogP contribution < -0.4 is 5.56 Å². The first-order valence-corrected chi connectivity index (χ1v) is 8.38. The highest BCUT2D eigenvalue weighted by atomic mass is 32.1. The maximum Gasteiger partial charge on any atom is 0.348 e. The molecule has 0 aliphatic heterocycles. The van der Waals surface area contributed by atoms with E-state index in [9.17, 15) is 14.4 Å². The van der Waals surface area contributed by atoms with Crippen molar-refractivity contribution < 1.29 is 19.1 Å². The number of azo groups is 1. The van der Waals surface area contributed by atoms with E-state index in [0.29, 0.717) is 11.3 Å². The minimum absolute atomic E-state index is 0.0959. The summed E-state index contributed by atoms with van der Waals surface area (Å²) in [5.74, 6) is -1.16. The number of carbonyl (C=O) groups excluding carboxylic acids is 2. The van der Waals surface area contributed by atoms with Crippen LogP contribution >= 0.6 is 11.3 Å². The summed E-state index contributed by atoms with van der Waals surface area (Å²) >= 11 is 0.964. The Balaban J connectivity index is 2.51. The van der Waals surface area contributed by atoms with E-state index in [-0.39, 0.29) is 34.3 Å². The molecule has 2 rings (SSSR count). The Hall–Kier alpha value is -2.75. The Morgan fingerprint density at radius 3 is 2.24 bits per heavy atom. The van der Waals surface area contributed by atoms with Gasteiger partial charge in [-0.3, -0.25) is 9.89 Å². The first-order valence-electron chi connectivity index (χ1n) is 7.57. The van der Waals surface area contributed by atoms with Crippen LogP contribution in [0.1, 0.15) is 45.1 Å². The smallest absolute Gasteiger partial charge is 0.348 e. The number of nitrogens with one attached hydrogen (secondary N) is 2. The first-order chi connectivity index (χ1) is 11.9.